The monoisotopic (exact) mass is 814 g/mol. The fraction of sp³-hybridized carbons (Fsp3) is 0.523. The number of amides is 3. The van der Waals surface area contributed by atoms with Crippen LogP contribution in [-0.4, -0.2) is 104 Å². The van der Waals surface area contributed by atoms with E-state index in [-0.39, 0.29) is 49.9 Å². The predicted molar refractivity (Wildman–Crippen MR) is 223 cm³/mol. The van der Waals surface area contributed by atoms with Crippen LogP contribution in [0, 0.1) is 5.92 Å². The Labute approximate surface area is 342 Å². The topological polar surface area (TPSA) is 161 Å². The van der Waals surface area contributed by atoms with Gasteiger partial charge in [0.15, 0.2) is 13.9 Å². The van der Waals surface area contributed by atoms with Gasteiger partial charge in [-0.05, 0) is 118 Å². The molecule has 58 heavy (non-hydrogen) atoms. The molecule has 2 saturated heterocycles. The van der Waals surface area contributed by atoms with E-state index in [4.69, 9.17) is 14.2 Å². The number of unbranched alkanes of at least 4 members (excludes halogenated alkanes) is 1. The van der Waals surface area contributed by atoms with Gasteiger partial charge in [-0.2, -0.15) is 0 Å². The lowest BCUT2D eigenvalue weighted by atomic mass is 9.82. The average molecular weight is 815 g/mol. The molecule has 3 amide bonds. The second-order valence-electron chi connectivity index (χ2n) is 16.6. The Hall–Kier alpha value is -4.31. The van der Waals surface area contributed by atoms with Crippen LogP contribution in [0.2, 0.25) is 18.6 Å². The van der Waals surface area contributed by atoms with Crippen LogP contribution >= 0.6 is 0 Å². The van der Waals surface area contributed by atoms with Gasteiger partial charge in [-0.25, -0.2) is 0 Å². The number of benzene rings is 3. The molecule has 3 aromatic rings. The number of nitrogens with zero attached hydrogens (tertiary/aromatic N) is 3. The number of aliphatic hydroxyl groups is 2. The third-order valence-electron chi connectivity index (χ3n) is 12.5. The van der Waals surface area contributed by atoms with E-state index in [0.717, 1.165) is 41.8 Å². The van der Waals surface area contributed by atoms with Crippen LogP contribution in [0.3, 0.4) is 0 Å². The van der Waals surface area contributed by atoms with Crippen LogP contribution in [0.25, 0.3) is 0 Å². The molecule has 3 aromatic carbocycles. The first-order valence-corrected chi connectivity index (χ1v) is 23.7. The molecule has 4 aliphatic rings. The molecule has 1 unspecified atom stereocenters. The lowest BCUT2D eigenvalue weighted by molar-refractivity contribution is -0.150. The van der Waals surface area contributed by atoms with E-state index < -0.39 is 37.5 Å². The fourth-order valence-electron chi connectivity index (χ4n) is 9.88. The van der Waals surface area contributed by atoms with Crippen LogP contribution in [0.15, 0.2) is 60.7 Å². The first kappa shape index (κ1) is 41.8. The number of nitrogens with one attached hydrogen (secondary N) is 1. The Kier molecular flexibility index (Phi) is 12.3. The highest BCUT2D eigenvalue weighted by Crippen LogP contribution is 2.60. The van der Waals surface area contributed by atoms with Crippen molar-refractivity contribution in [2.24, 2.45) is 5.92 Å². The smallest absolute Gasteiger partial charge is 0.264 e. The number of carbonyl (C=O) groups excluding carboxylic acids is 3. The number of hydrogen-bond donors (Lipinski definition) is 4. The summed E-state index contributed by atoms with van der Waals surface area (Å²) in [6.45, 7) is 9.36. The summed E-state index contributed by atoms with van der Waals surface area (Å²) in [4.78, 5) is 60.2. The van der Waals surface area contributed by atoms with Crippen molar-refractivity contribution in [3.63, 3.8) is 0 Å². The molecular weight excluding hydrogens is 757 g/mol. The van der Waals surface area contributed by atoms with Gasteiger partial charge in [-0.1, -0.05) is 19.1 Å². The highest BCUT2D eigenvalue weighted by molar-refractivity contribution is 6.71. The molecule has 6 atom stereocenters. The van der Waals surface area contributed by atoms with Gasteiger partial charge in [0.1, 0.15) is 11.5 Å². The lowest BCUT2D eigenvalue weighted by Gasteiger charge is -2.35. The van der Waals surface area contributed by atoms with Crippen molar-refractivity contribution in [3.8, 4) is 11.5 Å². The van der Waals surface area contributed by atoms with Crippen molar-refractivity contribution in [1.29, 1.82) is 0 Å². The molecule has 4 heterocycles. The van der Waals surface area contributed by atoms with E-state index in [1.807, 2.05) is 87.6 Å². The first-order chi connectivity index (χ1) is 27.9. The number of likely N-dealkylation sites (tertiary alicyclic amines) is 1. The summed E-state index contributed by atoms with van der Waals surface area (Å²) in [5.74, 6) is 0.279. The van der Waals surface area contributed by atoms with Gasteiger partial charge in [0, 0.05) is 35.9 Å². The quantitative estimate of drug-likeness (QED) is 0.124. The van der Waals surface area contributed by atoms with E-state index in [0.29, 0.717) is 55.2 Å². The summed E-state index contributed by atoms with van der Waals surface area (Å²) >= 11 is 0. The molecule has 13 nitrogen and oxygen atoms in total. The summed E-state index contributed by atoms with van der Waals surface area (Å²) in [6, 6.07) is 18.2. The molecule has 0 aliphatic carbocycles. The maximum absolute atomic E-state index is 15.2. The third kappa shape index (κ3) is 7.66. The van der Waals surface area contributed by atoms with E-state index in [1.165, 1.54) is 0 Å². The zero-order chi connectivity index (χ0) is 41.4. The highest BCUT2D eigenvalue weighted by Gasteiger charge is 2.66. The Bertz CT molecular complexity index is 2010. The van der Waals surface area contributed by atoms with E-state index >= 15 is 4.79 Å². The third-order valence-corrected chi connectivity index (χ3v) is 15.0. The van der Waals surface area contributed by atoms with E-state index in [1.54, 1.807) is 21.8 Å². The van der Waals surface area contributed by atoms with Crippen LogP contribution in [0.4, 0.5) is 17.1 Å². The molecular formula is C44H58N4O9Si. The molecule has 0 aromatic heterocycles. The van der Waals surface area contributed by atoms with Gasteiger partial charge >= 0.3 is 0 Å². The molecule has 14 heteroatoms. The van der Waals surface area contributed by atoms with Crippen molar-refractivity contribution in [2.45, 2.75) is 101 Å². The molecule has 312 valence electrons. The zero-order valence-electron chi connectivity index (χ0n) is 34.3. The van der Waals surface area contributed by atoms with Gasteiger partial charge in [-0.3, -0.25) is 19.3 Å². The molecule has 0 bridgehead atoms. The van der Waals surface area contributed by atoms with Crippen molar-refractivity contribution in [1.82, 2.24) is 10.2 Å². The van der Waals surface area contributed by atoms with Gasteiger partial charge in [-0.15, -0.1) is 0 Å². The standard InChI is InChI=1S/C44H58N4O9Si/c1-6-56-34-15-16-37-30(22-34)23-36(45-18-7-8-20-49)42(52)48(37)31-12-9-11-29(21-31)26-47-38-17-14-33(55-3)24-35(38)44(43(47)53)28(2)41(58(4,5)54)39(57-44)25-40(51)46-19-10-13-32(46)27-50/h9,11-12,14-17,21-22,24,28,32,36,39,41,45,49-50,54H,6-8,10,13,18-20,23,25-27H2,1-5H3/t28-,32-,36?,39+,41-,44+/m0/s1. The minimum absolute atomic E-state index is 0.00639. The Morgan fingerprint density at radius 3 is 2.53 bits per heavy atom. The number of methoxy groups -OCH3 is 1. The largest absolute Gasteiger partial charge is 0.497 e. The first-order valence-electron chi connectivity index (χ1n) is 20.7. The summed E-state index contributed by atoms with van der Waals surface area (Å²) < 4.78 is 18.4. The van der Waals surface area contributed by atoms with Crippen molar-refractivity contribution < 1.29 is 43.6 Å². The second kappa shape index (κ2) is 17.1. The Morgan fingerprint density at radius 2 is 1.81 bits per heavy atom. The Balaban J connectivity index is 1.22. The second-order valence-corrected chi connectivity index (χ2v) is 20.6. The number of carbonyl (C=O) groups is 3. The van der Waals surface area contributed by atoms with Crippen LogP contribution in [0.1, 0.15) is 62.6 Å². The fourth-order valence-corrected chi connectivity index (χ4v) is 12.4. The molecule has 4 aliphatic heterocycles. The number of hydrogen-bond acceptors (Lipinski definition) is 10. The minimum Gasteiger partial charge on any atom is -0.497 e. The molecule has 0 radical (unpaired) electrons. The molecule has 2 fully saturated rings. The maximum Gasteiger partial charge on any atom is 0.264 e. The predicted octanol–water partition coefficient (Wildman–Crippen LogP) is 4.76. The normalized spacial score (nSPS) is 25.4. The molecule has 0 saturated carbocycles. The summed E-state index contributed by atoms with van der Waals surface area (Å²) in [5.41, 5.74) is 2.54. The summed E-state index contributed by atoms with van der Waals surface area (Å²) in [6.07, 6.45) is 2.69. The van der Waals surface area contributed by atoms with E-state index in [9.17, 15) is 24.6 Å². The number of ether oxygens (including phenoxy) is 3. The van der Waals surface area contributed by atoms with Gasteiger partial charge in [0.2, 0.25) is 11.8 Å². The van der Waals surface area contributed by atoms with Crippen molar-refractivity contribution in [2.75, 3.05) is 49.8 Å². The van der Waals surface area contributed by atoms with Gasteiger partial charge < -0.3 is 44.3 Å². The van der Waals surface area contributed by atoms with Crippen molar-refractivity contribution >= 4 is 43.1 Å². The number of anilines is 3. The highest BCUT2D eigenvalue weighted by atomic mass is 28.4. The van der Waals surface area contributed by atoms with Crippen LogP contribution in [-0.2, 0) is 37.7 Å². The SMILES string of the molecule is CCOc1ccc2c(c1)CC(NCCCCO)C(=O)N2c1cccc(CN2C(=O)[C@]3(O[C@H](CC(=O)N4CCC[C@H]4CO)[C@@H]([Si](C)(C)O)[C@@H]3C)c3cc(OC)ccc32)c1. The summed E-state index contributed by atoms with van der Waals surface area (Å²) in [7, 11) is -1.47. The molecule has 4 N–H and O–H groups in total. The summed E-state index contributed by atoms with van der Waals surface area (Å²) in [5, 5.41) is 22.7. The van der Waals surface area contributed by atoms with Gasteiger partial charge in [0.05, 0.1) is 62.9 Å². The van der Waals surface area contributed by atoms with Crippen LogP contribution in [0.5, 0.6) is 11.5 Å². The van der Waals surface area contributed by atoms with Crippen molar-refractivity contribution in [3.05, 3.63) is 77.4 Å². The maximum atomic E-state index is 15.2. The van der Waals surface area contributed by atoms with Crippen LogP contribution < -0.4 is 24.6 Å². The lowest BCUT2D eigenvalue weighted by Crippen LogP contribution is -2.49. The van der Waals surface area contributed by atoms with Gasteiger partial charge in [0.25, 0.3) is 5.91 Å². The average Bonchev–Trinajstić information content (AvgIpc) is 3.87. The molecule has 1 spiro atoms. The zero-order valence-corrected chi connectivity index (χ0v) is 35.3. The molecule has 7 rings (SSSR count). The number of fused-ring (bicyclic) bond motifs is 3. The minimum atomic E-state index is -3.04. The number of rotatable bonds is 15. The van der Waals surface area contributed by atoms with E-state index in [2.05, 4.69) is 5.32 Å². The Morgan fingerprint density at radius 1 is 1.03 bits per heavy atom. The number of aliphatic hydroxyl groups excluding tert-OH is 2.